The van der Waals surface area contributed by atoms with Crippen molar-refractivity contribution in [2.24, 2.45) is 0 Å². The van der Waals surface area contributed by atoms with Crippen molar-refractivity contribution in [3.05, 3.63) is 56.7 Å². The van der Waals surface area contributed by atoms with Crippen LogP contribution in [0.3, 0.4) is 0 Å². The van der Waals surface area contributed by atoms with Crippen molar-refractivity contribution < 1.29 is 4.92 Å². The summed E-state index contributed by atoms with van der Waals surface area (Å²) in [7, 11) is 0. The molecule has 17 heavy (non-hydrogen) atoms. The molecule has 0 aliphatic heterocycles. The Balaban J connectivity index is 2.47. The highest BCUT2D eigenvalue weighted by molar-refractivity contribution is 6.43. The van der Waals surface area contributed by atoms with Gasteiger partial charge in [-0.05, 0) is 12.1 Å². The third kappa shape index (κ3) is 2.38. The fraction of sp³-hybridized carbons (Fsp3) is 0. The van der Waals surface area contributed by atoms with Gasteiger partial charge < -0.3 is 0 Å². The lowest BCUT2D eigenvalue weighted by Gasteiger charge is -2.04. The van der Waals surface area contributed by atoms with E-state index in [9.17, 15) is 10.1 Å². The quantitative estimate of drug-likeness (QED) is 0.612. The summed E-state index contributed by atoms with van der Waals surface area (Å²) in [5, 5.41) is 11.3. The molecule has 6 heteroatoms. The molecule has 0 bridgehead atoms. The summed E-state index contributed by atoms with van der Waals surface area (Å²) in [5.74, 6) is 0. The van der Waals surface area contributed by atoms with Crippen LogP contribution in [0.1, 0.15) is 0 Å². The Kier molecular flexibility index (Phi) is 3.26. The van der Waals surface area contributed by atoms with Crippen LogP contribution in [-0.2, 0) is 0 Å². The van der Waals surface area contributed by atoms with Crippen LogP contribution in [0, 0.1) is 10.1 Å². The first kappa shape index (κ1) is 11.8. The van der Waals surface area contributed by atoms with Crippen molar-refractivity contribution in [3.63, 3.8) is 0 Å². The molecule has 0 spiro atoms. The van der Waals surface area contributed by atoms with Gasteiger partial charge in [-0.15, -0.1) is 0 Å². The molecule has 0 saturated heterocycles. The lowest BCUT2D eigenvalue weighted by atomic mass is 10.1. The highest BCUT2D eigenvalue weighted by atomic mass is 35.5. The summed E-state index contributed by atoms with van der Waals surface area (Å²) in [6, 6.07) is 8.07. The number of nitrogens with zero attached hydrogens (tertiary/aromatic N) is 2. The van der Waals surface area contributed by atoms with Crippen LogP contribution in [0.25, 0.3) is 11.3 Å². The summed E-state index contributed by atoms with van der Waals surface area (Å²) in [5.41, 5.74) is 1.13. The minimum atomic E-state index is -0.504. The second-order valence-corrected chi connectivity index (χ2v) is 4.05. The number of pyridine rings is 1. The fourth-order valence-corrected chi connectivity index (χ4v) is 1.75. The van der Waals surface area contributed by atoms with E-state index in [-0.39, 0.29) is 5.69 Å². The van der Waals surface area contributed by atoms with E-state index in [4.69, 9.17) is 23.2 Å². The van der Waals surface area contributed by atoms with Gasteiger partial charge in [0.05, 0.1) is 20.7 Å². The van der Waals surface area contributed by atoms with Crippen LogP contribution in [0.5, 0.6) is 0 Å². The number of halogens is 2. The smallest absolute Gasteiger partial charge is 0.258 e. The lowest BCUT2D eigenvalue weighted by molar-refractivity contribution is -0.385. The van der Waals surface area contributed by atoms with Crippen LogP contribution in [-0.4, -0.2) is 9.91 Å². The Morgan fingerprint density at radius 1 is 1.18 bits per heavy atom. The van der Waals surface area contributed by atoms with E-state index in [0.29, 0.717) is 21.3 Å². The highest BCUT2D eigenvalue weighted by Gasteiger charge is 2.10. The predicted octanol–water partition coefficient (Wildman–Crippen LogP) is 3.96. The van der Waals surface area contributed by atoms with E-state index in [0.717, 1.165) is 0 Å². The standard InChI is InChI=1S/C11H6Cl2N2O2/c12-9-3-1-2-8(11(9)13)10-5-4-7(6-14-10)15(16)17/h1-6H. The van der Waals surface area contributed by atoms with Crippen LogP contribution in [0.4, 0.5) is 5.69 Å². The highest BCUT2D eigenvalue weighted by Crippen LogP contribution is 2.32. The number of hydrogen-bond donors (Lipinski definition) is 0. The third-order valence-corrected chi connectivity index (χ3v) is 3.01. The van der Waals surface area contributed by atoms with E-state index in [1.807, 2.05) is 0 Å². The van der Waals surface area contributed by atoms with Gasteiger partial charge in [0.1, 0.15) is 6.20 Å². The van der Waals surface area contributed by atoms with Gasteiger partial charge in [-0.1, -0.05) is 35.3 Å². The molecular weight excluding hydrogens is 263 g/mol. The fourth-order valence-electron chi connectivity index (χ4n) is 1.35. The monoisotopic (exact) mass is 268 g/mol. The minimum absolute atomic E-state index is 0.0631. The first-order valence-electron chi connectivity index (χ1n) is 4.64. The molecule has 0 aliphatic carbocycles. The van der Waals surface area contributed by atoms with Crippen molar-refractivity contribution >= 4 is 28.9 Å². The van der Waals surface area contributed by atoms with Crippen molar-refractivity contribution in [2.75, 3.05) is 0 Å². The summed E-state index contributed by atoms with van der Waals surface area (Å²) in [6.07, 6.45) is 1.19. The molecule has 0 fully saturated rings. The van der Waals surface area contributed by atoms with E-state index < -0.39 is 4.92 Å². The van der Waals surface area contributed by atoms with E-state index in [2.05, 4.69) is 4.98 Å². The van der Waals surface area contributed by atoms with E-state index >= 15 is 0 Å². The lowest BCUT2D eigenvalue weighted by Crippen LogP contribution is -1.90. The summed E-state index contributed by atoms with van der Waals surface area (Å²) in [4.78, 5) is 14.0. The Morgan fingerprint density at radius 2 is 1.94 bits per heavy atom. The third-order valence-electron chi connectivity index (χ3n) is 2.19. The second-order valence-electron chi connectivity index (χ2n) is 3.26. The van der Waals surface area contributed by atoms with Gasteiger partial charge in [0.15, 0.2) is 0 Å². The largest absolute Gasteiger partial charge is 0.287 e. The van der Waals surface area contributed by atoms with E-state index in [1.165, 1.54) is 18.3 Å². The number of rotatable bonds is 2. The van der Waals surface area contributed by atoms with Gasteiger partial charge in [-0.25, -0.2) is 4.98 Å². The maximum atomic E-state index is 10.5. The number of hydrogen-bond acceptors (Lipinski definition) is 3. The summed E-state index contributed by atoms with van der Waals surface area (Å²) < 4.78 is 0. The van der Waals surface area contributed by atoms with Crippen molar-refractivity contribution in [2.45, 2.75) is 0 Å². The molecule has 0 aliphatic rings. The maximum absolute atomic E-state index is 10.5. The zero-order valence-electron chi connectivity index (χ0n) is 8.43. The Hall–Kier alpha value is -1.65. The maximum Gasteiger partial charge on any atom is 0.287 e. The zero-order chi connectivity index (χ0) is 12.4. The minimum Gasteiger partial charge on any atom is -0.258 e. The molecule has 2 aromatic rings. The van der Waals surface area contributed by atoms with E-state index in [1.54, 1.807) is 18.2 Å². The topological polar surface area (TPSA) is 56.0 Å². The molecule has 0 N–H and O–H groups in total. The molecule has 0 amide bonds. The first-order valence-corrected chi connectivity index (χ1v) is 5.40. The molecule has 1 aromatic heterocycles. The van der Waals surface area contributed by atoms with Crippen molar-refractivity contribution in [3.8, 4) is 11.3 Å². The van der Waals surface area contributed by atoms with Gasteiger partial charge in [-0.3, -0.25) is 10.1 Å². The van der Waals surface area contributed by atoms with Gasteiger partial charge in [-0.2, -0.15) is 0 Å². The second kappa shape index (κ2) is 4.69. The van der Waals surface area contributed by atoms with Gasteiger partial charge in [0.25, 0.3) is 5.69 Å². The molecule has 0 radical (unpaired) electrons. The Bertz CT molecular complexity index is 570. The SMILES string of the molecule is O=[N+]([O-])c1ccc(-c2cccc(Cl)c2Cl)nc1. The Labute approximate surface area is 107 Å². The molecule has 0 unspecified atom stereocenters. The number of nitro groups is 1. The number of benzene rings is 1. The molecule has 4 nitrogen and oxygen atoms in total. The molecule has 2 rings (SSSR count). The van der Waals surface area contributed by atoms with Crippen LogP contribution in [0.15, 0.2) is 36.5 Å². The van der Waals surface area contributed by atoms with Gasteiger partial charge in [0, 0.05) is 11.6 Å². The molecule has 86 valence electrons. The number of aromatic nitrogens is 1. The average Bonchev–Trinajstić information content (AvgIpc) is 2.33. The molecular formula is C11H6Cl2N2O2. The summed E-state index contributed by atoms with van der Waals surface area (Å²) in [6.45, 7) is 0. The first-order chi connectivity index (χ1) is 8.09. The zero-order valence-corrected chi connectivity index (χ0v) is 9.94. The predicted molar refractivity (Wildman–Crippen MR) is 66.3 cm³/mol. The molecule has 0 atom stereocenters. The molecule has 0 saturated carbocycles. The van der Waals surface area contributed by atoms with Crippen LogP contribution < -0.4 is 0 Å². The van der Waals surface area contributed by atoms with Gasteiger partial charge in [0.2, 0.25) is 0 Å². The van der Waals surface area contributed by atoms with Crippen LogP contribution >= 0.6 is 23.2 Å². The van der Waals surface area contributed by atoms with Crippen molar-refractivity contribution in [1.29, 1.82) is 0 Å². The van der Waals surface area contributed by atoms with Gasteiger partial charge >= 0.3 is 0 Å². The average molecular weight is 269 g/mol. The molecule has 1 heterocycles. The Morgan fingerprint density at radius 3 is 2.53 bits per heavy atom. The molecule has 1 aromatic carbocycles. The summed E-state index contributed by atoms with van der Waals surface area (Å²) >= 11 is 11.9. The van der Waals surface area contributed by atoms with Crippen LogP contribution in [0.2, 0.25) is 10.0 Å². The normalized spacial score (nSPS) is 10.2. The van der Waals surface area contributed by atoms with Crippen molar-refractivity contribution in [1.82, 2.24) is 4.98 Å².